The van der Waals surface area contributed by atoms with Gasteiger partial charge in [0.1, 0.15) is 17.7 Å². The number of halogens is 1. The van der Waals surface area contributed by atoms with Gasteiger partial charge in [0.25, 0.3) is 0 Å². The lowest BCUT2D eigenvalue weighted by Gasteiger charge is -2.30. The topological polar surface area (TPSA) is 79.0 Å². The van der Waals surface area contributed by atoms with E-state index < -0.39 is 29.7 Å². The van der Waals surface area contributed by atoms with Crippen LogP contribution in [-0.4, -0.2) is 47.5 Å². The van der Waals surface area contributed by atoms with Crippen LogP contribution >= 0.6 is 15.9 Å². The summed E-state index contributed by atoms with van der Waals surface area (Å²) in [5.41, 5.74) is 2.20. The predicted molar refractivity (Wildman–Crippen MR) is 135 cm³/mol. The van der Waals surface area contributed by atoms with Crippen LogP contribution in [0.4, 0.5) is 10.5 Å². The Morgan fingerprint density at radius 1 is 1.21 bits per heavy atom. The summed E-state index contributed by atoms with van der Waals surface area (Å²) in [6.07, 6.45) is 0.513. The third-order valence-electron chi connectivity index (χ3n) is 5.75. The maximum absolute atomic E-state index is 13.7. The minimum Gasteiger partial charge on any atom is -0.444 e. The number of anilines is 1. The van der Waals surface area contributed by atoms with Crippen LogP contribution in [0, 0.1) is 0 Å². The van der Waals surface area contributed by atoms with Crippen LogP contribution in [0.2, 0.25) is 0 Å². The fourth-order valence-electron chi connectivity index (χ4n) is 3.75. The van der Waals surface area contributed by atoms with Crippen molar-refractivity contribution in [1.29, 1.82) is 0 Å². The van der Waals surface area contributed by atoms with Gasteiger partial charge in [-0.2, -0.15) is 0 Å². The Kier molecular flexibility index (Phi) is 8.02. The minimum absolute atomic E-state index is 0.179. The number of hydrogen-bond acceptors (Lipinski definition) is 4. The van der Waals surface area contributed by atoms with Gasteiger partial charge in [-0.3, -0.25) is 14.5 Å². The average molecular weight is 530 g/mol. The highest BCUT2D eigenvalue weighted by Crippen LogP contribution is 2.31. The number of carbonyl (C=O) groups excluding carboxylic acids is 3. The van der Waals surface area contributed by atoms with Gasteiger partial charge in [0.05, 0.1) is 6.54 Å². The Hall–Kier alpha value is -2.87. The third kappa shape index (κ3) is 6.38. The van der Waals surface area contributed by atoms with Crippen molar-refractivity contribution in [3.63, 3.8) is 0 Å². The number of hydrogen-bond donors (Lipinski definition) is 1. The van der Waals surface area contributed by atoms with Gasteiger partial charge in [0.15, 0.2) is 0 Å². The fraction of sp³-hybridized carbons (Fsp3) is 0.423. The molecule has 0 saturated heterocycles. The van der Waals surface area contributed by atoms with E-state index in [2.05, 4.69) is 21.2 Å². The van der Waals surface area contributed by atoms with E-state index in [-0.39, 0.29) is 5.91 Å². The van der Waals surface area contributed by atoms with Crippen molar-refractivity contribution < 1.29 is 19.1 Å². The number of amides is 3. The van der Waals surface area contributed by atoms with Gasteiger partial charge in [0.2, 0.25) is 11.8 Å². The molecule has 2 aromatic rings. The van der Waals surface area contributed by atoms with E-state index >= 15 is 0 Å². The van der Waals surface area contributed by atoms with E-state index in [1.54, 1.807) is 32.6 Å². The number of rotatable bonds is 5. The van der Waals surface area contributed by atoms with Gasteiger partial charge in [0, 0.05) is 17.2 Å². The molecule has 7 nitrogen and oxygen atoms in total. The van der Waals surface area contributed by atoms with Crippen molar-refractivity contribution in [2.24, 2.45) is 0 Å². The second-order valence-electron chi connectivity index (χ2n) is 9.55. The standard InChI is InChI=1S/C26H32BrN3O4/c1-17(29(5)25(33)34-26(2,3)4)23(31)28-21-14-12-19-11-13-20(27)15-22(19)30(24(21)32)16-18-9-7-6-8-10-18/h6-11,13,15,17,21H,12,14,16H2,1-5H3,(H,28,31)/t17?,21-/m0/s1. The molecule has 34 heavy (non-hydrogen) atoms. The van der Waals surface area contributed by atoms with Crippen molar-refractivity contribution in [3.05, 3.63) is 64.1 Å². The molecule has 0 aromatic heterocycles. The van der Waals surface area contributed by atoms with Crippen molar-refractivity contribution in [1.82, 2.24) is 10.2 Å². The summed E-state index contributed by atoms with van der Waals surface area (Å²) in [6.45, 7) is 7.32. The molecule has 0 radical (unpaired) electrons. The number of nitrogens with one attached hydrogen (secondary N) is 1. The van der Waals surface area contributed by atoms with Crippen LogP contribution in [0.1, 0.15) is 45.2 Å². The first kappa shape index (κ1) is 25.7. The number of aryl methyl sites for hydroxylation is 1. The largest absolute Gasteiger partial charge is 0.444 e. The Morgan fingerprint density at radius 2 is 1.88 bits per heavy atom. The predicted octanol–water partition coefficient (Wildman–Crippen LogP) is 4.67. The summed E-state index contributed by atoms with van der Waals surface area (Å²) in [5.74, 6) is -0.584. The summed E-state index contributed by atoms with van der Waals surface area (Å²) >= 11 is 3.52. The molecular weight excluding hydrogens is 498 g/mol. The third-order valence-corrected chi connectivity index (χ3v) is 6.24. The molecule has 2 aromatic carbocycles. The molecule has 1 N–H and O–H groups in total. The lowest BCUT2D eigenvalue weighted by atomic mass is 10.1. The van der Waals surface area contributed by atoms with Gasteiger partial charge in [-0.25, -0.2) is 4.79 Å². The highest BCUT2D eigenvalue weighted by molar-refractivity contribution is 9.10. The molecule has 3 rings (SSSR count). The van der Waals surface area contributed by atoms with Crippen molar-refractivity contribution >= 4 is 39.5 Å². The zero-order valence-electron chi connectivity index (χ0n) is 20.3. The molecule has 0 fully saturated rings. The molecular formula is C26H32BrN3O4. The van der Waals surface area contributed by atoms with Crippen LogP contribution < -0.4 is 10.2 Å². The summed E-state index contributed by atoms with van der Waals surface area (Å²) in [6, 6.07) is 14.2. The van der Waals surface area contributed by atoms with Crippen molar-refractivity contribution in [2.75, 3.05) is 11.9 Å². The van der Waals surface area contributed by atoms with Gasteiger partial charge >= 0.3 is 6.09 Å². The highest BCUT2D eigenvalue weighted by Gasteiger charge is 2.34. The van der Waals surface area contributed by atoms with Crippen molar-refractivity contribution in [2.45, 2.75) is 64.8 Å². The zero-order chi connectivity index (χ0) is 25.0. The Balaban J connectivity index is 1.80. The number of benzene rings is 2. The molecule has 3 amide bonds. The highest BCUT2D eigenvalue weighted by atomic mass is 79.9. The van der Waals surface area contributed by atoms with E-state index in [9.17, 15) is 14.4 Å². The van der Waals surface area contributed by atoms with E-state index in [0.717, 1.165) is 21.3 Å². The molecule has 0 spiro atoms. The first-order valence-corrected chi connectivity index (χ1v) is 12.2. The Labute approximate surface area is 209 Å². The molecule has 1 heterocycles. The van der Waals surface area contributed by atoms with Gasteiger partial charge in [-0.15, -0.1) is 0 Å². The second-order valence-corrected chi connectivity index (χ2v) is 10.5. The summed E-state index contributed by atoms with van der Waals surface area (Å²) < 4.78 is 6.25. The smallest absolute Gasteiger partial charge is 0.410 e. The summed E-state index contributed by atoms with van der Waals surface area (Å²) in [5, 5.41) is 2.88. The lowest BCUT2D eigenvalue weighted by molar-refractivity contribution is -0.130. The van der Waals surface area contributed by atoms with Crippen LogP contribution in [0.25, 0.3) is 0 Å². The Bertz CT molecular complexity index is 1050. The van der Waals surface area contributed by atoms with Gasteiger partial charge in [-0.1, -0.05) is 52.3 Å². The number of fused-ring (bicyclic) bond motifs is 1. The monoisotopic (exact) mass is 529 g/mol. The van der Waals surface area contributed by atoms with E-state index in [1.165, 1.54) is 11.9 Å². The minimum atomic E-state index is -0.801. The number of likely N-dealkylation sites (N-methyl/N-ethyl adjacent to an activating group) is 1. The van der Waals surface area contributed by atoms with Gasteiger partial charge in [-0.05, 0) is 63.8 Å². The maximum atomic E-state index is 13.7. The SMILES string of the molecule is CC(C(=O)N[C@H]1CCc2ccc(Br)cc2N(Cc2ccccc2)C1=O)N(C)C(=O)OC(C)(C)C. The number of carbonyl (C=O) groups is 3. The summed E-state index contributed by atoms with van der Waals surface area (Å²) in [4.78, 5) is 42.1. The molecule has 2 atom stereocenters. The van der Waals surface area contributed by atoms with Crippen LogP contribution in [0.15, 0.2) is 53.0 Å². The average Bonchev–Trinajstić information content (AvgIpc) is 2.89. The zero-order valence-corrected chi connectivity index (χ0v) is 21.9. The second kappa shape index (κ2) is 10.6. The molecule has 182 valence electrons. The lowest BCUT2D eigenvalue weighted by Crippen LogP contribution is -2.54. The first-order valence-electron chi connectivity index (χ1n) is 11.4. The Morgan fingerprint density at radius 3 is 2.53 bits per heavy atom. The van der Waals surface area contributed by atoms with Crippen LogP contribution in [-0.2, 0) is 27.3 Å². The molecule has 0 bridgehead atoms. The van der Waals surface area contributed by atoms with E-state index in [4.69, 9.17) is 4.74 Å². The van der Waals surface area contributed by atoms with Gasteiger partial charge < -0.3 is 15.0 Å². The quantitative estimate of drug-likeness (QED) is 0.610. The van der Waals surface area contributed by atoms with Crippen LogP contribution in [0.5, 0.6) is 0 Å². The van der Waals surface area contributed by atoms with E-state index in [0.29, 0.717) is 19.4 Å². The van der Waals surface area contributed by atoms with E-state index in [1.807, 2.05) is 48.5 Å². The number of ether oxygens (including phenoxy) is 1. The first-order chi connectivity index (χ1) is 16.0. The normalized spacial score (nSPS) is 16.8. The fourth-order valence-corrected chi connectivity index (χ4v) is 4.10. The molecule has 8 heteroatoms. The molecule has 0 saturated carbocycles. The molecule has 1 aliphatic heterocycles. The summed E-state index contributed by atoms with van der Waals surface area (Å²) in [7, 11) is 1.52. The molecule has 1 unspecified atom stereocenters. The maximum Gasteiger partial charge on any atom is 0.410 e. The number of nitrogens with zero attached hydrogens (tertiary/aromatic N) is 2. The van der Waals surface area contributed by atoms with Crippen molar-refractivity contribution in [3.8, 4) is 0 Å². The molecule has 0 aliphatic carbocycles. The van der Waals surface area contributed by atoms with Crippen LogP contribution in [0.3, 0.4) is 0 Å². The molecule has 1 aliphatic rings.